The zero-order chi connectivity index (χ0) is 14.0. The molecule has 0 radical (unpaired) electrons. The normalized spacial score (nSPS) is 13.4. The molecular formula is C12H26O4SSi. The van der Waals surface area contributed by atoms with Crippen LogP contribution in [0.25, 0.3) is 0 Å². The van der Waals surface area contributed by atoms with Gasteiger partial charge in [0.1, 0.15) is 0 Å². The third-order valence-electron chi connectivity index (χ3n) is 2.53. The monoisotopic (exact) mass is 294 g/mol. The van der Waals surface area contributed by atoms with Crippen LogP contribution in [0.1, 0.15) is 40.5 Å². The first-order valence-electron chi connectivity index (χ1n) is 6.61. The molecule has 1 atom stereocenters. The third kappa shape index (κ3) is 4.93. The molecule has 0 fully saturated rings. The molecule has 0 N–H and O–H groups in total. The van der Waals surface area contributed by atoms with Gasteiger partial charge in [-0.3, -0.25) is 0 Å². The van der Waals surface area contributed by atoms with Gasteiger partial charge in [-0.05, 0) is 39.4 Å². The van der Waals surface area contributed by atoms with Gasteiger partial charge >= 0.3 is 8.80 Å². The predicted molar refractivity (Wildman–Crippen MR) is 78.9 cm³/mol. The Hall–Kier alpha value is -0.0131. The first-order valence-corrected chi connectivity index (χ1v) is 8.82. The number of methoxy groups -OCH3 is 1. The molecule has 108 valence electrons. The molecule has 4 nitrogen and oxygen atoms in total. The number of ether oxygens (including phenoxy) is 1. The van der Waals surface area contributed by atoms with Gasteiger partial charge in [0.05, 0.1) is 12.7 Å². The number of hydrogen-bond acceptors (Lipinski definition) is 5. The van der Waals surface area contributed by atoms with Crippen LogP contribution in [0.3, 0.4) is 0 Å². The zero-order valence-electron chi connectivity index (χ0n) is 12.2. The van der Waals surface area contributed by atoms with Crippen LogP contribution >= 0.6 is 12.2 Å². The predicted octanol–water partition coefficient (Wildman–Crippen LogP) is 3.18. The molecule has 0 amide bonds. The third-order valence-corrected chi connectivity index (χ3v) is 6.66. The second kappa shape index (κ2) is 9.86. The lowest BCUT2D eigenvalue weighted by Crippen LogP contribution is -2.52. The second-order valence-electron chi connectivity index (χ2n) is 3.77. The smallest absolute Gasteiger partial charge is 0.490 e. The average molecular weight is 294 g/mol. The molecule has 0 aliphatic rings. The molecule has 0 spiro atoms. The topological polar surface area (TPSA) is 36.9 Å². The van der Waals surface area contributed by atoms with E-state index in [0.717, 1.165) is 12.8 Å². The van der Waals surface area contributed by atoms with E-state index < -0.39 is 8.80 Å². The Balaban J connectivity index is 5.20. The average Bonchev–Trinajstić information content (AvgIpc) is 2.36. The highest BCUT2D eigenvalue weighted by molar-refractivity contribution is 7.80. The lowest BCUT2D eigenvalue weighted by atomic mass is 10.2. The van der Waals surface area contributed by atoms with Gasteiger partial charge in [-0.25, -0.2) is 0 Å². The van der Waals surface area contributed by atoms with E-state index in [4.69, 9.17) is 30.2 Å². The summed E-state index contributed by atoms with van der Waals surface area (Å²) in [4.78, 5) is 0. The van der Waals surface area contributed by atoms with E-state index >= 15 is 0 Å². The van der Waals surface area contributed by atoms with Gasteiger partial charge in [0, 0.05) is 19.8 Å². The molecule has 0 aromatic rings. The van der Waals surface area contributed by atoms with Gasteiger partial charge in [-0.1, -0.05) is 13.3 Å². The van der Waals surface area contributed by atoms with E-state index in [0.29, 0.717) is 24.9 Å². The van der Waals surface area contributed by atoms with Crippen LogP contribution in [0.4, 0.5) is 0 Å². The molecule has 0 aliphatic carbocycles. The number of thiocarbonyl (C=S) groups is 1. The summed E-state index contributed by atoms with van der Waals surface area (Å²) in [6, 6.07) is 0. The highest BCUT2D eigenvalue weighted by Crippen LogP contribution is 2.32. The second-order valence-corrected chi connectivity index (χ2v) is 6.94. The molecule has 6 heteroatoms. The van der Waals surface area contributed by atoms with Crippen molar-refractivity contribution in [3.63, 3.8) is 0 Å². The number of hydrogen-bond donors (Lipinski definition) is 0. The zero-order valence-corrected chi connectivity index (χ0v) is 14.0. The minimum atomic E-state index is -2.80. The fraction of sp³-hybridized carbons (Fsp3) is 0.917. The van der Waals surface area contributed by atoms with Crippen molar-refractivity contribution in [1.82, 2.24) is 0 Å². The fourth-order valence-corrected chi connectivity index (χ4v) is 5.56. The Bertz CT molecular complexity index is 221. The molecular weight excluding hydrogens is 268 g/mol. The molecule has 0 bridgehead atoms. The lowest BCUT2D eigenvalue weighted by Gasteiger charge is -2.34. The van der Waals surface area contributed by atoms with E-state index in [2.05, 4.69) is 6.92 Å². The van der Waals surface area contributed by atoms with E-state index in [9.17, 15) is 0 Å². The first kappa shape index (κ1) is 18.0. The van der Waals surface area contributed by atoms with Crippen LogP contribution in [0.2, 0.25) is 5.54 Å². The van der Waals surface area contributed by atoms with Crippen LogP contribution in [-0.4, -0.2) is 40.8 Å². The summed E-state index contributed by atoms with van der Waals surface area (Å²) >= 11 is 5.31. The van der Waals surface area contributed by atoms with Crippen LogP contribution in [0, 0.1) is 0 Å². The number of rotatable bonds is 10. The van der Waals surface area contributed by atoms with Crippen LogP contribution in [-0.2, 0) is 18.0 Å². The van der Waals surface area contributed by atoms with Crippen molar-refractivity contribution in [3.8, 4) is 0 Å². The van der Waals surface area contributed by atoms with Crippen molar-refractivity contribution >= 4 is 26.1 Å². The Labute approximate surface area is 117 Å². The van der Waals surface area contributed by atoms with Crippen molar-refractivity contribution in [2.45, 2.75) is 46.1 Å². The molecule has 0 saturated carbocycles. The van der Waals surface area contributed by atoms with Crippen molar-refractivity contribution < 1.29 is 18.0 Å². The summed E-state index contributed by atoms with van der Waals surface area (Å²) in [6.07, 6.45) is 1.84. The SMILES string of the molecule is CCCC(C(=S)OC)[Si](OCC)(OCC)OCC. The van der Waals surface area contributed by atoms with E-state index in [-0.39, 0.29) is 5.54 Å². The van der Waals surface area contributed by atoms with Crippen molar-refractivity contribution in [2.24, 2.45) is 0 Å². The van der Waals surface area contributed by atoms with Gasteiger partial charge in [0.25, 0.3) is 0 Å². The molecule has 0 saturated heterocycles. The van der Waals surface area contributed by atoms with Crippen molar-refractivity contribution in [3.05, 3.63) is 0 Å². The molecule has 0 heterocycles. The van der Waals surface area contributed by atoms with Crippen LogP contribution < -0.4 is 0 Å². The fourth-order valence-electron chi connectivity index (χ4n) is 1.90. The lowest BCUT2D eigenvalue weighted by molar-refractivity contribution is 0.0644. The summed E-state index contributed by atoms with van der Waals surface area (Å²) in [5.41, 5.74) is -0.0673. The highest BCUT2D eigenvalue weighted by atomic mass is 32.1. The maximum Gasteiger partial charge on any atom is 0.513 e. The van der Waals surface area contributed by atoms with Gasteiger partial charge in [-0.2, -0.15) is 0 Å². The standard InChI is InChI=1S/C12H26O4SSi/c1-6-10-11(12(17)13-5)18(14-7-2,15-8-3)16-9-4/h11H,6-10H2,1-5H3. The maximum absolute atomic E-state index is 5.88. The van der Waals surface area contributed by atoms with E-state index in [1.807, 2.05) is 20.8 Å². The quantitative estimate of drug-likeness (QED) is 0.457. The summed E-state index contributed by atoms with van der Waals surface area (Å²) in [5.74, 6) is 0. The minimum absolute atomic E-state index is 0.0673. The largest absolute Gasteiger partial charge is 0.513 e. The highest BCUT2D eigenvalue weighted by Gasteiger charge is 2.51. The van der Waals surface area contributed by atoms with Crippen molar-refractivity contribution in [1.29, 1.82) is 0 Å². The van der Waals surface area contributed by atoms with E-state index in [1.165, 1.54) is 0 Å². The van der Waals surface area contributed by atoms with Gasteiger partial charge in [-0.15, -0.1) is 0 Å². The van der Waals surface area contributed by atoms with Gasteiger partial charge < -0.3 is 18.0 Å². The Morgan fingerprint density at radius 2 is 1.44 bits per heavy atom. The van der Waals surface area contributed by atoms with Crippen LogP contribution in [0.15, 0.2) is 0 Å². The van der Waals surface area contributed by atoms with E-state index in [1.54, 1.807) is 7.11 Å². The molecule has 0 aliphatic heterocycles. The Morgan fingerprint density at radius 1 is 1.00 bits per heavy atom. The molecule has 0 aromatic heterocycles. The Morgan fingerprint density at radius 3 is 1.72 bits per heavy atom. The summed E-state index contributed by atoms with van der Waals surface area (Å²) in [5, 5.41) is 0.527. The molecule has 18 heavy (non-hydrogen) atoms. The van der Waals surface area contributed by atoms with Crippen LogP contribution in [0.5, 0.6) is 0 Å². The first-order chi connectivity index (χ1) is 8.61. The minimum Gasteiger partial charge on any atom is -0.490 e. The van der Waals surface area contributed by atoms with Crippen molar-refractivity contribution in [2.75, 3.05) is 26.9 Å². The molecule has 0 aromatic carbocycles. The molecule has 0 rings (SSSR count). The Kier molecular flexibility index (Phi) is 9.85. The summed E-state index contributed by atoms with van der Waals surface area (Å²) < 4.78 is 22.9. The van der Waals surface area contributed by atoms with Gasteiger partial charge in [0.2, 0.25) is 0 Å². The molecule has 1 unspecified atom stereocenters. The maximum atomic E-state index is 5.88. The summed E-state index contributed by atoms with van der Waals surface area (Å²) in [6.45, 7) is 9.60. The van der Waals surface area contributed by atoms with Gasteiger partial charge in [0.15, 0.2) is 5.05 Å². The summed E-state index contributed by atoms with van der Waals surface area (Å²) in [7, 11) is -1.20.